The van der Waals surface area contributed by atoms with Crippen molar-refractivity contribution in [3.63, 3.8) is 0 Å². The van der Waals surface area contributed by atoms with Crippen molar-refractivity contribution in [3.05, 3.63) is 21.7 Å². The molecule has 1 aromatic heterocycles. The summed E-state index contributed by atoms with van der Waals surface area (Å²) in [5, 5.41) is 0. The SMILES string of the molecule is FCOc1nc(I)ccc1F. The molecule has 0 saturated heterocycles. The van der Waals surface area contributed by atoms with Crippen LogP contribution in [0.1, 0.15) is 0 Å². The van der Waals surface area contributed by atoms with Crippen molar-refractivity contribution in [2.75, 3.05) is 6.86 Å². The van der Waals surface area contributed by atoms with E-state index in [0.29, 0.717) is 3.70 Å². The molecule has 0 aromatic carbocycles. The summed E-state index contributed by atoms with van der Waals surface area (Å²) < 4.78 is 29.0. The third-order valence-electron chi connectivity index (χ3n) is 0.971. The normalized spacial score (nSPS) is 9.73. The number of aromatic nitrogens is 1. The predicted octanol–water partition coefficient (Wildman–Crippen LogP) is 2.13. The van der Waals surface area contributed by atoms with E-state index in [1.54, 1.807) is 0 Å². The van der Waals surface area contributed by atoms with Crippen LogP contribution in [-0.2, 0) is 0 Å². The molecule has 0 aliphatic carbocycles. The second kappa shape index (κ2) is 3.80. The lowest BCUT2D eigenvalue weighted by atomic mass is 10.5. The molecule has 0 fully saturated rings. The van der Waals surface area contributed by atoms with Crippen molar-refractivity contribution in [2.45, 2.75) is 0 Å². The van der Waals surface area contributed by atoms with Crippen LogP contribution < -0.4 is 4.74 Å². The highest BCUT2D eigenvalue weighted by molar-refractivity contribution is 14.1. The van der Waals surface area contributed by atoms with Gasteiger partial charge in [0.05, 0.1) is 0 Å². The molecule has 11 heavy (non-hydrogen) atoms. The average molecular weight is 271 g/mol. The van der Waals surface area contributed by atoms with Crippen molar-refractivity contribution >= 4 is 22.6 Å². The Labute approximate surface area is 75.7 Å². The van der Waals surface area contributed by atoms with E-state index in [4.69, 9.17) is 0 Å². The van der Waals surface area contributed by atoms with Crippen molar-refractivity contribution in [3.8, 4) is 5.88 Å². The largest absolute Gasteiger partial charge is 0.444 e. The Balaban J connectivity index is 2.93. The van der Waals surface area contributed by atoms with Gasteiger partial charge in [-0.15, -0.1) is 0 Å². The minimum Gasteiger partial charge on any atom is -0.444 e. The summed E-state index contributed by atoms with van der Waals surface area (Å²) in [4.78, 5) is 3.61. The Morgan fingerprint density at radius 1 is 1.55 bits per heavy atom. The van der Waals surface area contributed by atoms with E-state index in [-0.39, 0.29) is 5.88 Å². The van der Waals surface area contributed by atoms with Crippen LogP contribution >= 0.6 is 22.6 Å². The zero-order chi connectivity index (χ0) is 8.27. The average Bonchev–Trinajstić information content (AvgIpc) is 1.98. The fourth-order valence-electron chi connectivity index (χ4n) is 0.554. The number of ether oxygens (including phenoxy) is 1. The lowest BCUT2D eigenvalue weighted by molar-refractivity contribution is 0.176. The smallest absolute Gasteiger partial charge is 0.253 e. The molecule has 0 atom stereocenters. The summed E-state index contributed by atoms with van der Waals surface area (Å²) in [5.41, 5.74) is 0. The molecule has 0 unspecified atom stereocenters. The van der Waals surface area contributed by atoms with Gasteiger partial charge < -0.3 is 4.74 Å². The third kappa shape index (κ3) is 2.25. The minimum atomic E-state index is -1.07. The van der Waals surface area contributed by atoms with Crippen molar-refractivity contribution in [1.82, 2.24) is 4.98 Å². The van der Waals surface area contributed by atoms with Gasteiger partial charge in [-0.1, -0.05) is 0 Å². The Morgan fingerprint density at radius 2 is 2.27 bits per heavy atom. The van der Waals surface area contributed by atoms with E-state index in [2.05, 4.69) is 9.72 Å². The minimum absolute atomic E-state index is 0.292. The molecule has 0 aliphatic heterocycles. The highest BCUT2D eigenvalue weighted by Crippen LogP contribution is 2.14. The van der Waals surface area contributed by atoms with Crippen molar-refractivity contribution in [2.24, 2.45) is 0 Å². The maximum Gasteiger partial charge on any atom is 0.253 e. The molecule has 0 N–H and O–H groups in total. The molecular weight excluding hydrogens is 267 g/mol. The number of rotatable bonds is 2. The molecule has 1 heterocycles. The number of hydrogen-bond donors (Lipinski definition) is 0. The first-order valence-electron chi connectivity index (χ1n) is 2.75. The summed E-state index contributed by atoms with van der Waals surface area (Å²) in [5.74, 6) is -0.942. The van der Waals surface area contributed by atoms with Crippen LogP contribution in [-0.4, -0.2) is 11.8 Å². The van der Waals surface area contributed by atoms with Gasteiger partial charge in [-0.05, 0) is 34.7 Å². The van der Waals surface area contributed by atoms with Gasteiger partial charge in [0.15, 0.2) is 5.82 Å². The first-order valence-corrected chi connectivity index (χ1v) is 3.82. The molecule has 0 spiro atoms. The number of hydrogen-bond acceptors (Lipinski definition) is 2. The summed E-state index contributed by atoms with van der Waals surface area (Å²) in [6.45, 7) is -1.07. The maximum atomic E-state index is 12.6. The molecular formula is C6H4F2INO. The summed E-state index contributed by atoms with van der Waals surface area (Å²) >= 11 is 1.88. The Morgan fingerprint density at radius 3 is 2.91 bits per heavy atom. The number of pyridine rings is 1. The quantitative estimate of drug-likeness (QED) is 0.607. The molecule has 0 amide bonds. The first kappa shape index (κ1) is 8.63. The Kier molecular flexibility index (Phi) is 2.98. The van der Waals surface area contributed by atoms with E-state index in [1.165, 1.54) is 12.1 Å². The molecule has 0 radical (unpaired) electrons. The molecule has 1 rings (SSSR count). The Bertz CT molecular complexity index is 256. The van der Waals surface area contributed by atoms with Crippen LogP contribution in [0.25, 0.3) is 0 Å². The molecule has 60 valence electrons. The highest BCUT2D eigenvalue weighted by Gasteiger charge is 2.04. The maximum absolute atomic E-state index is 12.6. The van der Waals surface area contributed by atoms with Gasteiger partial charge >= 0.3 is 0 Å². The topological polar surface area (TPSA) is 22.1 Å². The van der Waals surface area contributed by atoms with E-state index in [1.807, 2.05) is 22.6 Å². The predicted molar refractivity (Wildman–Crippen MR) is 43.5 cm³/mol. The van der Waals surface area contributed by atoms with Gasteiger partial charge in [-0.2, -0.15) is 0 Å². The zero-order valence-electron chi connectivity index (χ0n) is 5.35. The standard InChI is InChI=1S/C6H4F2INO/c7-3-11-6-4(8)1-2-5(9)10-6/h1-2H,3H2. The van der Waals surface area contributed by atoms with E-state index >= 15 is 0 Å². The molecule has 1 aromatic rings. The van der Waals surface area contributed by atoms with E-state index in [0.717, 1.165) is 0 Å². The molecule has 0 bridgehead atoms. The van der Waals surface area contributed by atoms with Gasteiger partial charge in [0, 0.05) is 0 Å². The summed E-state index contributed by atoms with van der Waals surface area (Å²) in [7, 11) is 0. The van der Waals surface area contributed by atoms with Gasteiger partial charge in [-0.3, -0.25) is 0 Å². The van der Waals surface area contributed by atoms with Gasteiger partial charge in [0.1, 0.15) is 3.70 Å². The molecule has 5 heteroatoms. The Hall–Kier alpha value is -0.460. The molecule has 2 nitrogen and oxygen atoms in total. The summed E-state index contributed by atoms with van der Waals surface area (Å²) in [6.07, 6.45) is 0. The van der Waals surface area contributed by atoms with Crippen molar-refractivity contribution in [1.29, 1.82) is 0 Å². The van der Waals surface area contributed by atoms with Gasteiger partial charge in [0.2, 0.25) is 6.86 Å². The first-order chi connectivity index (χ1) is 5.24. The fourth-order valence-corrected chi connectivity index (χ4v) is 0.953. The van der Waals surface area contributed by atoms with Gasteiger partial charge in [-0.25, -0.2) is 13.8 Å². The highest BCUT2D eigenvalue weighted by atomic mass is 127. The van der Waals surface area contributed by atoms with Crippen LogP contribution in [0.3, 0.4) is 0 Å². The fraction of sp³-hybridized carbons (Fsp3) is 0.167. The lowest BCUT2D eigenvalue weighted by Crippen LogP contribution is -1.97. The monoisotopic (exact) mass is 271 g/mol. The van der Waals surface area contributed by atoms with Crippen molar-refractivity contribution < 1.29 is 13.5 Å². The molecule has 0 saturated carbocycles. The molecule has 0 aliphatic rings. The van der Waals surface area contributed by atoms with Crippen LogP contribution in [0.2, 0.25) is 0 Å². The van der Waals surface area contributed by atoms with Crippen LogP contribution in [0.5, 0.6) is 5.88 Å². The lowest BCUT2D eigenvalue weighted by Gasteiger charge is -2.00. The number of nitrogens with zero attached hydrogens (tertiary/aromatic N) is 1. The second-order valence-corrected chi connectivity index (χ2v) is 2.78. The van der Waals surface area contributed by atoms with Gasteiger partial charge in [0.25, 0.3) is 5.88 Å². The number of halogens is 3. The van der Waals surface area contributed by atoms with E-state index in [9.17, 15) is 8.78 Å². The van der Waals surface area contributed by atoms with Crippen LogP contribution in [0.15, 0.2) is 12.1 Å². The zero-order valence-corrected chi connectivity index (χ0v) is 7.51. The van der Waals surface area contributed by atoms with Crippen LogP contribution in [0.4, 0.5) is 8.78 Å². The van der Waals surface area contributed by atoms with Crippen LogP contribution in [0, 0.1) is 9.52 Å². The third-order valence-corrected chi connectivity index (χ3v) is 1.57. The second-order valence-electron chi connectivity index (χ2n) is 1.67. The number of alkyl halides is 1. The summed E-state index contributed by atoms with van der Waals surface area (Å²) in [6, 6.07) is 2.65. The van der Waals surface area contributed by atoms with E-state index < -0.39 is 12.7 Å².